The summed E-state index contributed by atoms with van der Waals surface area (Å²) in [4.78, 5) is 10.7. The van der Waals surface area contributed by atoms with Crippen molar-refractivity contribution in [2.75, 3.05) is 13.2 Å². The van der Waals surface area contributed by atoms with Crippen LogP contribution in [0.2, 0.25) is 0 Å². The Balaban J connectivity index is 3.07. The molecule has 1 aromatic heterocycles. The van der Waals surface area contributed by atoms with Gasteiger partial charge in [0.1, 0.15) is 0 Å². The van der Waals surface area contributed by atoms with Gasteiger partial charge in [-0.25, -0.2) is 13.2 Å². The number of carbonyl (C=O) groups is 1. The largest absolute Gasteiger partial charge is 0.475 e. The molecule has 0 amide bonds. The highest BCUT2D eigenvalue weighted by molar-refractivity contribution is 7.89. The topological polar surface area (TPSA) is 108 Å². The fourth-order valence-corrected chi connectivity index (χ4v) is 3.16. The van der Waals surface area contributed by atoms with Crippen molar-refractivity contribution in [3.63, 3.8) is 0 Å². The SMILES string of the molecule is CC(C)N(CCCO)S(=O)(=O)c1ccc(C(=O)O)o1. The number of rotatable bonds is 7. The van der Waals surface area contributed by atoms with Gasteiger partial charge in [0.2, 0.25) is 10.9 Å². The highest BCUT2D eigenvalue weighted by Crippen LogP contribution is 2.21. The molecule has 0 fully saturated rings. The van der Waals surface area contributed by atoms with E-state index in [2.05, 4.69) is 0 Å². The Labute approximate surface area is 111 Å². The van der Waals surface area contributed by atoms with Crippen molar-refractivity contribution in [3.05, 3.63) is 17.9 Å². The van der Waals surface area contributed by atoms with Crippen LogP contribution in [0.4, 0.5) is 0 Å². The third kappa shape index (κ3) is 3.55. The van der Waals surface area contributed by atoms with Gasteiger partial charge < -0.3 is 14.6 Å². The zero-order valence-electron chi connectivity index (χ0n) is 10.7. The van der Waals surface area contributed by atoms with Gasteiger partial charge in [0, 0.05) is 19.2 Å². The molecule has 108 valence electrons. The molecule has 0 aliphatic heterocycles. The van der Waals surface area contributed by atoms with Crippen molar-refractivity contribution in [1.82, 2.24) is 4.31 Å². The molecule has 7 nitrogen and oxygen atoms in total. The van der Waals surface area contributed by atoms with Crippen LogP contribution in [0.15, 0.2) is 21.6 Å². The molecule has 0 aliphatic carbocycles. The van der Waals surface area contributed by atoms with E-state index in [-0.39, 0.29) is 19.2 Å². The molecular weight excluding hydrogens is 274 g/mol. The zero-order valence-corrected chi connectivity index (χ0v) is 11.6. The molecule has 1 rings (SSSR count). The molecule has 8 heteroatoms. The maximum Gasteiger partial charge on any atom is 0.371 e. The summed E-state index contributed by atoms with van der Waals surface area (Å²) in [5, 5.41) is 17.1. The molecule has 19 heavy (non-hydrogen) atoms. The van der Waals surface area contributed by atoms with Crippen LogP contribution in [0.3, 0.4) is 0 Å². The van der Waals surface area contributed by atoms with Crippen LogP contribution < -0.4 is 0 Å². The standard InChI is InChI=1S/C11H17NO6S/c1-8(2)12(6-3-7-13)19(16,17)10-5-4-9(18-10)11(14)15/h4-5,8,13H,3,6-7H2,1-2H3,(H,14,15). The molecule has 0 atom stereocenters. The first-order chi connectivity index (χ1) is 8.80. The third-order valence-electron chi connectivity index (χ3n) is 2.47. The molecule has 0 spiro atoms. The number of sulfonamides is 1. The van der Waals surface area contributed by atoms with Gasteiger partial charge in [-0.05, 0) is 32.4 Å². The lowest BCUT2D eigenvalue weighted by Gasteiger charge is -2.24. The summed E-state index contributed by atoms with van der Waals surface area (Å²) in [6, 6.07) is 1.89. The molecule has 1 heterocycles. The number of aromatic carboxylic acids is 1. The highest BCUT2D eigenvalue weighted by atomic mass is 32.2. The maximum atomic E-state index is 12.3. The van der Waals surface area contributed by atoms with Gasteiger partial charge in [0.15, 0.2) is 0 Å². The van der Waals surface area contributed by atoms with Crippen LogP contribution in [0.5, 0.6) is 0 Å². The van der Waals surface area contributed by atoms with Gasteiger partial charge in [-0.3, -0.25) is 0 Å². The van der Waals surface area contributed by atoms with E-state index in [4.69, 9.17) is 14.6 Å². The molecule has 0 aliphatic rings. The lowest BCUT2D eigenvalue weighted by Crippen LogP contribution is -2.37. The van der Waals surface area contributed by atoms with Crippen molar-refractivity contribution in [1.29, 1.82) is 0 Å². The molecule has 1 aromatic rings. The fourth-order valence-electron chi connectivity index (χ4n) is 1.57. The van der Waals surface area contributed by atoms with Gasteiger partial charge in [-0.15, -0.1) is 0 Å². The van der Waals surface area contributed by atoms with Crippen LogP contribution in [-0.4, -0.2) is 48.1 Å². The van der Waals surface area contributed by atoms with Crippen LogP contribution in [-0.2, 0) is 10.0 Å². The van der Waals surface area contributed by atoms with Gasteiger partial charge >= 0.3 is 5.97 Å². The highest BCUT2D eigenvalue weighted by Gasteiger charge is 2.30. The number of carboxylic acids is 1. The number of nitrogens with zero attached hydrogens (tertiary/aromatic N) is 1. The van der Waals surface area contributed by atoms with E-state index >= 15 is 0 Å². The average Bonchev–Trinajstić information content (AvgIpc) is 2.78. The Morgan fingerprint density at radius 1 is 1.42 bits per heavy atom. The predicted molar refractivity (Wildman–Crippen MR) is 66.4 cm³/mol. The Morgan fingerprint density at radius 3 is 2.47 bits per heavy atom. The van der Waals surface area contributed by atoms with Gasteiger partial charge in [-0.1, -0.05) is 0 Å². The van der Waals surface area contributed by atoms with Gasteiger partial charge in [0.25, 0.3) is 10.0 Å². The smallest absolute Gasteiger partial charge is 0.371 e. The summed E-state index contributed by atoms with van der Waals surface area (Å²) in [5.74, 6) is -1.75. The van der Waals surface area contributed by atoms with Crippen LogP contribution in [0.1, 0.15) is 30.8 Å². The second kappa shape index (κ2) is 6.18. The zero-order chi connectivity index (χ0) is 14.6. The van der Waals surface area contributed by atoms with E-state index in [0.29, 0.717) is 6.42 Å². The third-order valence-corrected chi connectivity index (χ3v) is 4.42. The van der Waals surface area contributed by atoms with Crippen LogP contribution >= 0.6 is 0 Å². The molecule has 0 aromatic carbocycles. The Morgan fingerprint density at radius 2 is 2.05 bits per heavy atom. The first-order valence-electron chi connectivity index (χ1n) is 5.76. The first kappa shape index (κ1) is 15.7. The minimum atomic E-state index is -3.89. The number of hydrogen-bond acceptors (Lipinski definition) is 5. The number of furan rings is 1. The van der Waals surface area contributed by atoms with Crippen molar-refractivity contribution in [3.8, 4) is 0 Å². The maximum absolute atomic E-state index is 12.3. The number of hydrogen-bond donors (Lipinski definition) is 2. The normalized spacial score (nSPS) is 12.3. The summed E-state index contributed by atoms with van der Waals surface area (Å²) >= 11 is 0. The quantitative estimate of drug-likeness (QED) is 0.767. The van der Waals surface area contributed by atoms with Gasteiger partial charge in [-0.2, -0.15) is 4.31 Å². The Bertz CT molecular complexity index is 533. The number of aliphatic hydroxyl groups excluding tert-OH is 1. The second-order valence-electron chi connectivity index (χ2n) is 4.21. The van der Waals surface area contributed by atoms with E-state index in [9.17, 15) is 13.2 Å². The monoisotopic (exact) mass is 291 g/mol. The second-order valence-corrected chi connectivity index (χ2v) is 6.03. The molecule has 0 radical (unpaired) electrons. The van der Waals surface area contributed by atoms with E-state index in [1.807, 2.05) is 0 Å². The summed E-state index contributed by atoms with van der Waals surface area (Å²) in [5.41, 5.74) is 0. The molecule has 0 saturated heterocycles. The van der Waals surface area contributed by atoms with E-state index in [0.717, 1.165) is 16.4 Å². The van der Waals surface area contributed by atoms with Crippen molar-refractivity contribution in [2.45, 2.75) is 31.4 Å². The molecule has 0 unspecified atom stereocenters. The fraction of sp³-hybridized carbons (Fsp3) is 0.545. The molecule has 0 saturated carbocycles. The minimum Gasteiger partial charge on any atom is -0.475 e. The minimum absolute atomic E-state index is 0.128. The first-order valence-corrected chi connectivity index (χ1v) is 7.20. The van der Waals surface area contributed by atoms with E-state index in [1.165, 1.54) is 0 Å². The van der Waals surface area contributed by atoms with Crippen molar-refractivity contribution < 1.29 is 27.8 Å². The summed E-state index contributed by atoms with van der Waals surface area (Å²) in [6.45, 7) is 3.39. The summed E-state index contributed by atoms with van der Waals surface area (Å²) < 4.78 is 30.5. The van der Waals surface area contributed by atoms with E-state index < -0.39 is 26.8 Å². The lowest BCUT2D eigenvalue weighted by atomic mass is 10.3. The number of carboxylic acid groups (broad SMARTS) is 1. The van der Waals surface area contributed by atoms with Gasteiger partial charge in [0.05, 0.1) is 0 Å². The molecular formula is C11H17NO6S. The average molecular weight is 291 g/mol. The number of aliphatic hydroxyl groups is 1. The van der Waals surface area contributed by atoms with E-state index in [1.54, 1.807) is 13.8 Å². The predicted octanol–water partition coefficient (Wildman–Crippen LogP) is 0.759. The summed E-state index contributed by atoms with van der Waals surface area (Å²) in [6.07, 6.45) is 0.296. The Hall–Kier alpha value is -1.38. The van der Waals surface area contributed by atoms with Crippen molar-refractivity contribution in [2.24, 2.45) is 0 Å². The van der Waals surface area contributed by atoms with Crippen LogP contribution in [0, 0.1) is 0 Å². The Kier molecular flexibility index (Phi) is 5.10. The summed E-state index contributed by atoms with van der Waals surface area (Å²) in [7, 11) is -3.89. The lowest BCUT2D eigenvalue weighted by molar-refractivity contribution is 0.0656. The molecule has 0 bridgehead atoms. The van der Waals surface area contributed by atoms with Crippen LogP contribution in [0.25, 0.3) is 0 Å². The van der Waals surface area contributed by atoms with Crippen molar-refractivity contribution >= 4 is 16.0 Å². The molecule has 2 N–H and O–H groups in total.